The second kappa shape index (κ2) is 11.7. The monoisotopic (exact) mass is 411 g/mol. The number of nitrogens with two attached hydrogens (primary N) is 1. The summed E-state index contributed by atoms with van der Waals surface area (Å²) in [5, 5.41) is 12.7. The zero-order chi connectivity index (χ0) is 14.8. The highest BCUT2D eigenvalue weighted by molar-refractivity contribution is 14.0. The number of hydrogen-bond donors (Lipinski definition) is 3. The summed E-state index contributed by atoms with van der Waals surface area (Å²) >= 11 is 0. The largest absolute Gasteiger partial charge is 0.386 e. The summed E-state index contributed by atoms with van der Waals surface area (Å²) in [4.78, 5) is 3.99. The molecular formula is C14H23FIN3O2. The van der Waals surface area contributed by atoms with Gasteiger partial charge in [-0.25, -0.2) is 4.39 Å². The highest BCUT2D eigenvalue weighted by Gasteiger charge is 2.11. The molecule has 0 aromatic heterocycles. The lowest BCUT2D eigenvalue weighted by Crippen LogP contribution is -2.33. The molecular weight excluding hydrogens is 388 g/mol. The van der Waals surface area contributed by atoms with Crippen molar-refractivity contribution >= 4 is 29.9 Å². The van der Waals surface area contributed by atoms with Crippen molar-refractivity contribution in [2.75, 3.05) is 26.3 Å². The molecule has 1 unspecified atom stereocenters. The molecule has 0 saturated heterocycles. The second-order valence-corrected chi connectivity index (χ2v) is 4.24. The molecule has 1 rings (SSSR count). The van der Waals surface area contributed by atoms with E-state index in [1.165, 1.54) is 12.1 Å². The molecule has 0 radical (unpaired) electrons. The van der Waals surface area contributed by atoms with E-state index in [0.29, 0.717) is 19.8 Å². The summed E-state index contributed by atoms with van der Waals surface area (Å²) in [6.45, 7) is 3.96. The van der Waals surface area contributed by atoms with Gasteiger partial charge in [0.05, 0.1) is 6.54 Å². The van der Waals surface area contributed by atoms with Crippen molar-refractivity contribution in [1.29, 1.82) is 0 Å². The number of guanidine groups is 1. The Kier molecular flexibility index (Phi) is 11.2. The second-order valence-electron chi connectivity index (χ2n) is 4.24. The normalized spacial score (nSPS) is 12.6. The Balaban J connectivity index is 0.00000400. The van der Waals surface area contributed by atoms with Crippen LogP contribution in [0.3, 0.4) is 0 Å². The van der Waals surface area contributed by atoms with Gasteiger partial charge in [-0.2, -0.15) is 0 Å². The summed E-state index contributed by atoms with van der Waals surface area (Å²) in [5.74, 6) is -0.213. The van der Waals surface area contributed by atoms with Gasteiger partial charge in [-0.3, -0.25) is 4.99 Å². The minimum Gasteiger partial charge on any atom is -0.386 e. The Hall–Kier alpha value is -0.930. The van der Waals surface area contributed by atoms with Crippen LogP contribution in [-0.2, 0) is 4.74 Å². The van der Waals surface area contributed by atoms with Gasteiger partial charge in [-0.15, -0.1) is 24.0 Å². The fourth-order valence-corrected chi connectivity index (χ4v) is 1.62. The van der Waals surface area contributed by atoms with Gasteiger partial charge in [-0.05, 0) is 19.4 Å². The molecule has 120 valence electrons. The summed E-state index contributed by atoms with van der Waals surface area (Å²) < 4.78 is 18.6. The van der Waals surface area contributed by atoms with Crippen molar-refractivity contribution in [2.24, 2.45) is 10.7 Å². The molecule has 0 heterocycles. The average molecular weight is 411 g/mol. The number of nitrogens with zero attached hydrogens (tertiary/aromatic N) is 1. The fourth-order valence-electron chi connectivity index (χ4n) is 1.62. The molecule has 7 heteroatoms. The Morgan fingerprint density at radius 3 is 2.86 bits per heavy atom. The first kappa shape index (κ1) is 20.1. The van der Waals surface area contributed by atoms with Gasteiger partial charge in [0.1, 0.15) is 11.9 Å². The van der Waals surface area contributed by atoms with Gasteiger partial charge in [0, 0.05) is 25.3 Å². The minimum absolute atomic E-state index is 0. The Labute approximate surface area is 141 Å². The van der Waals surface area contributed by atoms with Crippen LogP contribution in [0.4, 0.5) is 4.39 Å². The smallest absolute Gasteiger partial charge is 0.188 e. The minimum atomic E-state index is -1.00. The van der Waals surface area contributed by atoms with Crippen LogP contribution >= 0.6 is 24.0 Å². The van der Waals surface area contributed by atoms with E-state index in [0.717, 1.165) is 6.42 Å². The van der Waals surface area contributed by atoms with E-state index in [9.17, 15) is 9.50 Å². The van der Waals surface area contributed by atoms with Gasteiger partial charge in [0.15, 0.2) is 5.96 Å². The lowest BCUT2D eigenvalue weighted by atomic mass is 10.1. The predicted molar refractivity (Wildman–Crippen MR) is 92.4 cm³/mol. The fraction of sp³-hybridized carbons (Fsp3) is 0.500. The first-order valence-corrected chi connectivity index (χ1v) is 6.69. The molecule has 1 aromatic rings. The number of aliphatic hydroxyl groups is 1. The maximum atomic E-state index is 13.4. The van der Waals surface area contributed by atoms with Crippen LogP contribution in [0.1, 0.15) is 25.0 Å². The van der Waals surface area contributed by atoms with E-state index in [2.05, 4.69) is 10.3 Å². The number of ether oxygens (including phenoxy) is 1. The number of aliphatic imine (C=N–C) groups is 1. The van der Waals surface area contributed by atoms with E-state index in [1.807, 2.05) is 6.92 Å². The third-order valence-corrected chi connectivity index (χ3v) is 2.67. The molecule has 1 atom stereocenters. The highest BCUT2D eigenvalue weighted by Crippen LogP contribution is 2.16. The summed E-state index contributed by atoms with van der Waals surface area (Å²) in [6.07, 6.45) is -0.181. The van der Waals surface area contributed by atoms with Crippen LogP contribution in [0, 0.1) is 5.82 Å². The number of hydrogen-bond acceptors (Lipinski definition) is 3. The van der Waals surface area contributed by atoms with Crippen molar-refractivity contribution in [2.45, 2.75) is 19.4 Å². The Bertz CT molecular complexity index is 432. The Morgan fingerprint density at radius 2 is 2.19 bits per heavy atom. The van der Waals surface area contributed by atoms with Crippen LogP contribution in [0.25, 0.3) is 0 Å². The zero-order valence-electron chi connectivity index (χ0n) is 12.1. The van der Waals surface area contributed by atoms with E-state index in [4.69, 9.17) is 10.5 Å². The number of aliphatic hydroxyl groups excluding tert-OH is 1. The number of halogens is 2. The molecule has 0 aliphatic carbocycles. The molecule has 0 aliphatic rings. The SMILES string of the molecule is CCOCCCNC(N)=NCC(O)c1ccccc1F.I. The van der Waals surface area contributed by atoms with E-state index in [-0.39, 0.29) is 42.0 Å². The molecule has 0 saturated carbocycles. The lowest BCUT2D eigenvalue weighted by molar-refractivity contribution is 0.145. The van der Waals surface area contributed by atoms with Crippen molar-refractivity contribution in [3.8, 4) is 0 Å². The Morgan fingerprint density at radius 1 is 1.48 bits per heavy atom. The third kappa shape index (κ3) is 8.18. The van der Waals surface area contributed by atoms with E-state index in [1.54, 1.807) is 12.1 Å². The van der Waals surface area contributed by atoms with Crippen molar-refractivity contribution in [3.63, 3.8) is 0 Å². The van der Waals surface area contributed by atoms with Crippen molar-refractivity contribution in [1.82, 2.24) is 5.32 Å². The van der Waals surface area contributed by atoms with Crippen molar-refractivity contribution < 1.29 is 14.2 Å². The molecule has 0 amide bonds. The van der Waals surface area contributed by atoms with Gasteiger partial charge >= 0.3 is 0 Å². The van der Waals surface area contributed by atoms with E-state index < -0.39 is 11.9 Å². The van der Waals surface area contributed by atoms with Gasteiger partial charge in [0.25, 0.3) is 0 Å². The number of benzene rings is 1. The average Bonchev–Trinajstić information content (AvgIpc) is 2.45. The standard InChI is InChI=1S/C14H22FN3O2.HI/c1-2-20-9-5-8-17-14(16)18-10-13(19)11-6-3-4-7-12(11)15;/h3-4,6-7,13,19H,2,5,8-10H2,1H3,(H3,16,17,18);1H. The maximum absolute atomic E-state index is 13.4. The molecule has 1 aromatic carbocycles. The molecule has 21 heavy (non-hydrogen) atoms. The van der Waals surface area contributed by atoms with Crippen LogP contribution < -0.4 is 11.1 Å². The van der Waals surface area contributed by atoms with Crippen LogP contribution in [-0.4, -0.2) is 37.4 Å². The van der Waals surface area contributed by atoms with E-state index >= 15 is 0 Å². The molecule has 5 nitrogen and oxygen atoms in total. The zero-order valence-corrected chi connectivity index (χ0v) is 14.4. The first-order chi connectivity index (χ1) is 9.65. The third-order valence-electron chi connectivity index (χ3n) is 2.67. The van der Waals surface area contributed by atoms with Gasteiger partial charge < -0.3 is 20.9 Å². The quantitative estimate of drug-likeness (QED) is 0.264. The molecule has 0 fully saturated rings. The van der Waals surface area contributed by atoms with Gasteiger partial charge in [0.2, 0.25) is 0 Å². The van der Waals surface area contributed by atoms with Crippen LogP contribution in [0.2, 0.25) is 0 Å². The first-order valence-electron chi connectivity index (χ1n) is 6.69. The lowest BCUT2D eigenvalue weighted by Gasteiger charge is -2.10. The molecule has 4 N–H and O–H groups in total. The van der Waals surface area contributed by atoms with Crippen molar-refractivity contribution in [3.05, 3.63) is 35.6 Å². The number of nitrogens with one attached hydrogen (secondary N) is 1. The van der Waals surface area contributed by atoms with Crippen LogP contribution in [0.5, 0.6) is 0 Å². The summed E-state index contributed by atoms with van der Waals surface area (Å²) in [5.41, 5.74) is 5.87. The van der Waals surface area contributed by atoms with Gasteiger partial charge in [-0.1, -0.05) is 18.2 Å². The topological polar surface area (TPSA) is 79.9 Å². The maximum Gasteiger partial charge on any atom is 0.188 e. The molecule has 0 aliphatic heterocycles. The summed E-state index contributed by atoms with van der Waals surface area (Å²) in [7, 11) is 0. The molecule has 0 spiro atoms. The highest BCUT2D eigenvalue weighted by atomic mass is 127. The predicted octanol–water partition coefficient (Wildman–Crippen LogP) is 1.81. The number of rotatable bonds is 8. The summed E-state index contributed by atoms with van der Waals surface area (Å²) in [6, 6.07) is 6.07. The molecule has 0 bridgehead atoms. The van der Waals surface area contributed by atoms with Crippen LogP contribution in [0.15, 0.2) is 29.3 Å².